The molecule has 0 unspecified atom stereocenters. The molecule has 0 bridgehead atoms. The molecular weight excluding hydrogens is 210 g/mol. The van der Waals surface area contributed by atoms with Crippen molar-refractivity contribution in [3.8, 4) is 0 Å². The topological polar surface area (TPSA) is 20.3 Å². The normalized spacial score (nSPS) is 16.8. The number of carbonyl (C=O) groups is 1. The molecule has 0 atom stereocenters. The van der Waals surface area contributed by atoms with Crippen LogP contribution in [0.15, 0.2) is 12.2 Å². The van der Waals surface area contributed by atoms with E-state index in [0.29, 0.717) is 18.4 Å². The zero-order chi connectivity index (χ0) is 12.7. The van der Waals surface area contributed by atoms with Gasteiger partial charge in [0, 0.05) is 19.5 Å². The summed E-state index contributed by atoms with van der Waals surface area (Å²) >= 11 is 0. The summed E-state index contributed by atoms with van der Waals surface area (Å²) in [6.07, 6.45) is 9.99. The zero-order valence-electron chi connectivity index (χ0n) is 11.5. The maximum Gasteiger partial charge on any atom is 0.222 e. The highest BCUT2D eigenvalue weighted by atomic mass is 16.2. The van der Waals surface area contributed by atoms with Crippen molar-refractivity contribution in [3.05, 3.63) is 12.2 Å². The van der Waals surface area contributed by atoms with Crippen molar-refractivity contribution in [2.24, 2.45) is 0 Å². The summed E-state index contributed by atoms with van der Waals surface area (Å²) < 4.78 is 0. The number of amides is 1. The standard InChI is InChI=1S/C15H27NO/c1-4-8-13(2)11-12-15(17)16(3)14-9-6-5-7-10-14/h14H,2,4-12H2,1,3H3. The van der Waals surface area contributed by atoms with Crippen LogP contribution < -0.4 is 0 Å². The van der Waals surface area contributed by atoms with Gasteiger partial charge in [-0.2, -0.15) is 0 Å². The third-order valence-electron chi connectivity index (χ3n) is 3.81. The highest BCUT2D eigenvalue weighted by Crippen LogP contribution is 2.22. The molecule has 0 radical (unpaired) electrons. The Kier molecular flexibility index (Phi) is 6.31. The molecule has 0 aromatic heterocycles. The Morgan fingerprint density at radius 2 is 1.82 bits per heavy atom. The lowest BCUT2D eigenvalue weighted by Crippen LogP contribution is -2.38. The summed E-state index contributed by atoms with van der Waals surface area (Å²) in [7, 11) is 1.97. The second-order valence-electron chi connectivity index (χ2n) is 5.30. The summed E-state index contributed by atoms with van der Waals surface area (Å²) in [5.41, 5.74) is 1.22. The lowest BCUT2D eigenvalue weighted by atomic mass is 9.94. The molecule has 0 N–H and O–H groups in total. The first-order valence-corrected chi connectivity index (χ1v) is 7.07. The van der Waals surface area contributed by atoms with E-state index in [1.165, 1.54) is 37.7 Å². The second-order valence-corrected chi connectivity index (χ2v) is 5.30. The molecule has 0 heterocycles. The molecule has 0 saturated heterocycles. The Hall–Kier alpha value is -0.790. The smallest absolute Gasteiger partial charge is 0.222 e. The monoisotopic (exact) mass is 237 g/mol. The molecule has 2 nitrogen and oxygen atoms in total. The van der Waals surface area contributed by atoms with Crippen LogP contribution in [0.2, 0.25) is 0 Å². The number of nitrogens with zero attached hydrogens (tertiary/aromatic N) is 1. The van der Waals surface area contributed by atoms with Gasteiger partial charge in [0.25, 0.3) is 0 Å². The molecule has 1 aliphatic rings. The van der Waals surface area contributed by atoms with Crippen molar-refractivity contribution < 1.29 is 4.79 Å². The van der Waals surface area contributed by atoms with E-state index in [2.05, 4.69) is 13.5 Å². The Balaban J connectivity index is 2.28. The molecule has 1 saturated carbocycles. The minimum absolute atomic E-state index is 0.300. The molecule has 0 spiro atoms. The van der Waals surface area contributed by atoms with E-state index < -0.39 is 0 Å². The molecule has 0 aliphatic heterocycles. The summed E-state index contributed by atoms with van der Waals surface area (Å²) in [5, 5.41) is 0. The van der Waals surface area contributed by atoms with Crippen molar-refractivity contribution >= 4 is 5.91 Å². The predicted octanol–water partition coefficient (Wildman–Crippen LogP) is 3.91. The summed E-state index contributed by atoms with van der Waals surface area (Å²) in [5.74, 6) is 0.300. The van der Waals surface area contributed by atoms with Crippen LogP contribution in [-0.4, -0.2) is 23.9 Å². The maximum absolute atomic E-state index is 12.0. The first-order chi connectivity index (χ1) is 8.15. The van der Waals surface area contributed by atoms with Crippen molar-refractivity contribution in [2.45, 2.75) is 70.8 Å². The fraction of sp³-hybridized carbons (Fsp3) is 0.800. The van der Waals surface area contributed by atoms with Gasteiger partial charge < -0.3 is 4.90 Å². The minimum Gasteiger partial charge on any atom is -0.343 e. The Labute approximate surface area is 106 Å². The molecule has 0 aromatic rings. The van der Waals surface area contributed by atoms with Crippen molar-refractivity contribution in [1.29, 1.82) is 0 Å². The van der Waals surface area contributed by atoms with Gasteiger partial charge in [-0.3, -0.25) is 4.79 Å². The maximum atomic E-state index is 12.0. The second kappa shape index (κ2) is 7.52. The molecule has 17 heavy (non-hydrogen) atoms. The highest BCUT2D eigenvalue weighted by Gasteiger charge is 2.21. The van der Waals surface area contributed by atoms with E-state index in [9.17, 15) is 4.79 Å². The van der Waals surface area contributed by atoms with Crippen molar-refractivity contribution in [1.82, 2.24) is 4.90 Å². The van der Waals surface area contributed by atoms with Crippen LogP contribution in [0, 0.1) is 0 Å². The van der Waals surface area contributed by atoms with Crippen LogP contribution in [0.25, 0.3) is 0 Å². The van der Waals surface area contributed by atoms with Gasteiger partial charge in [-0.1, -0.05) is 44.8 Å². The average Bonchev–Trinajstić information content (AvgIpc) is 2.36. The van der Waals surface area contributed by atoms with E-state index in [4.69, 9.17) is 0 Å². The van der Waals surface area contributed by atoms with Gasteiger partial charge in [-0.25, -0.2) is 0 Å². The third-order valence-corrected chi connectivity index (χ3v) is 3.81. The van der Waals surface area contributed by atoms with Gasteiger partial charge in [0.05, 0.1) is 0 Å². The molecule has 98 valence electrons. The molecular formula is C15H27NO. The Morgan fingerprint density at radius 1 is 1.18 bits per heavy atom. The van der Waals surface area contributed by atoms with Crippen molar-refractivity contribution in [3.63, 3.8) is 0 Å². The Morgan fingerprint density at radius 3 is 2.41 bits per heavy atom. The SMILES string of the molecule is C=C(CCC)CCC(=O)N(C)C1CCCCC1. The van der Waals surface area contributed by atoms with E-state index >= 15 is 0 Å². The number of hydrogen-bond donors (Lipinski definition) is 0. The summed E-state index contributed by atoms with van der Waals surface area (Å²) in [6, 6.07) is 0.496. The van der Waals surface area contributed by atoms with Gasteiger partial charge in [0.15, 0.2) is 0 Å². The van der Waals surface area contributed by atoms with Gasteiger partial charge in [0.1, 0.15) is 0 Å². The third kappa shape index (κ3) is 4.93. The van der Waals surface area contributed by atoms with Gasteiger partial charge in [0.2, 0.25) is 5.91 Å². The van der Waals surface area contributed by atoms with Gasteiger partial charge >= 0.3 is 0 Å². The van der Waals surface area contributed by atoms with Crippen LogP contribution >= 0.6 is 0 Å². The molecule has 1 aliphatic carbocycles. The van der Waals surface area contributed by atoms with E-state index in [1.807, 2.05) is 11.9 Å². The minimum atomic E-state index is 0.300. The molecule has 1 rings (SSSR count). The van der Waals surface area contributed by atoms with Gasteiger partial charge in [-0.15, -0.1) is 0 Å². The largest absolute Gasteiger partial charge is 0.343 e. The first-order valence-electron chi connectivity index (χ1n) is 7.07. The van der Waals surface area contributed by atoms with E-state index in [0.717, 1.165) is 19.3 Å². The quantitative estimate of drug-likeness (QED) is 0.641. The summed E-state index contributed by atoms with van der Waals surface area (Å²) in [4.78, 5) is 14.0. The summed E-state index contributed by atoms with van der Waals surface area (Å²) in [6.45, 7) is 6.17. The fourth-order valence-corrected chi connectivity index (χ4v) is 2.61. The lowest BCUT2D eigenvalue weighted by molar-refractivity contribution is -0.132. The number of hydrogen-bond acceptors (Lipinski definition) is 1. The number of allylic oxidation sites excluding steroid dienone is 1. The van der Waals surface area contributed by atoms with Gasteiger partial charge in [-0.05, 0) is 25.7 Å². The van der Waals surface area contributed by atoms with Crippen molar-refractivity contribution in [2.75, 3.05) is 7.05 Å². The molecule has 1 amide bonds. The lowest BCUT2D eigenvalue weighted by Gasteiger charge is -2.31. The Bertz CT molecular complexity index is 254. The van der Waals surface area contributed by atoms with Crippen LogP contribution in [0.5, 0.6) is 0 Å². The van der Waals surface area contributed by atoms with Crippen LogP contribution in [0.1, 0.15) is 64.7 Å². The highest BCUT2D eigenvalue weighted by molar-refractivity contribution is 5.76. The molecule has 0 aromatic carbocycles. The van der Waals surface area contributed by atoms with Crippen LogP contribution in [0.3, 0.4) is 0 Å². The van der Waals surface area contributed by atoms with Crippen LogP contribution in [-0.2, 0) is 4.79 Å². The fourth-order valence-electron chi connectivity index (χ4n) is 2.61. The number of rotatable bonds is 6. The molecule has 1 fully saturated rings. The predicted molar refractivity (Wildman–Crippen MR) is 72.9 cm³/mol. The van der Waals surface area contributed by atoms with Crippen LogP contribution in [0.4, 0.5) is 0 Å². The zero-order valence-corrected chi connectivity index (χ0v) is 11.5. The van der Waals surface area contributed by atoms with E-state index in [-0.39, 0.29) is 0 Å². The van der Waals surface area contributed by atoms with E-state index in [1.54, 1.807) is 0 Å². The molecule has 2 heteroatoms. The number of carbonyl (C=O) groups excluding carboxylic acids is 1. The average molecular weight is 237 g/mol. The first kappa shape index (κ1) is 14.3.